The number of hydrazone groups is 1. The summed E-state index contributed by atoms with van der Waals surface area (Å²) in [6.45, 7) is 0. The summed E-state index contributed by atoms with van der Waals surface area (Å²) in [7, 11) is 1.54. The van der Waals surface area contributed by atoms with E-state index >= 15 is 0 Å². The first kappa shape index (κ1) is 18.8. The van der Waals surface area contributed by atoms with Gasteiger partial charge in [-0.2, -0.15) is 18.3 Å². The first-order valence-corrected chi connectivity index (χ1v) is 7.68. The topological polar surface area (TPSA) is 71.7 Å². The zero-order valence-electron chi connectivity index (χ0n) is 13.3. The molecule has 1 aromatic rings. The van der Waals surface area contributed by atoms with Crippen LogP contribution >= 0.6 is 12.2 Å². The molecular formula is C16H17F3N4OS. The molecule has 4 N–H and O–H groups in total. The van der Waals surface area contributed by atoms with Gasteiger partial charge in [-0.1, -0.05) is 12.1 Å². The summed E-state index contributed by atoms with van der Waals surface area (Å²) >= 11 is 5.03. The van der Waals surface area contributed by atoms with Crippen molar-refractivity contribution < 1.29 is 17.9 Å². The summed E-state index contributed by atoms with van der Waals surface area (Å²) in [6.07, 6.45) is -0.513. The van der Waals surface area contributed by atoms with Crippen LogP contribution in [-0.2, 0) is 0 Å². The Morgan fingerprint density at radius 3 is 2.76 bits per heavy atom. The molecule has 0 aromatic heterocycles. The molecule has 134 valence electrons. The molecule has 1 unspecified atom stereocenters. The highest BCUT2D eigenvalue weighted by atomic mass is 32.1. The number of methoxy groups -OCH3 is 1. The van der Waals surface area contributed by atoms with E-state index in [0.29, 0.717) is 11.4 Å². The second-order valence-electron chi connectivity index (χ2n) is 5.22. The molecule has 5 nitrogen and oxygen atoms in total. The van der Waals surface area contributed by atoms with Crippen LogP contribution in [0.1, 0.15) is 12.0 Å². The van der Waals surface area contributed by atoms with E-state index in [1.807, 2.05) is 12.1 Å². The molecule has 0 fully saturated rings. The molecule has 1 aliphatic rings. The SMILES string of the molecule is COc1ccccc1/C=N/NC(=S)NC1=CC=C(N)C(C(F)(F)F)C1. The molecule has 25 heavy (non-hydrogen) atoms. The Kier molecular flexibility index (Phi) is 6.02. The Morgan fingerprint density at radius 2 is 2.08 bits per heavy atom. The van der Waals surface area contributed by atoms with Crippen molar-refractivity contribution in [1.82, 2.24) is 10.7 Å². The van der Waals surface area contributed by atoms with Crippen molar-refractivity contribution in [3.63, 3.8) is 0 Å². The molecule has 9 heteroatoms. The summed E-state index contributed by atoms with van der Waals surface area (Å²) in [5.41, 5.74) is 8.79. The zero-order chi connectivity index (χ0) is 18.4. The molecule has 1 atom stereocenters. The number of nitrogens with zero attached hydrogens (tertiary/aromatic N) is 1. The third-order valence-electron chi connectivity index (χ3n) is 3.48. The van der Waals surface area contributed by atoms with Gasteiger partial charge in [-0.25, -0.2) is 0 Å². The predicted octanol–water partition coefficient (Wildman–Crippen LogP) is 2.80. The number of ether oxygens (including phenoxy) is 1. The maximum Gasteiger partial charge on any atom is 0.397 e. The Labute approximate surface area is 148 Å². The lowest BCUT2D eigenvalue weighted by Gasteiger charge is -2.25. The quantitative estimate of drug-likeness (QED) is 0.432. The lowest BCUT2D eigenvalue weighted by Crippen LogP contribution is -2.36. The summed E-state index contributed by atoms with van der Waals surface area (Å²) in [5, 5.41) is 6.72. The van der Waals surface area contributed by atoms with Crippen molar-refractivity contribution in [1.29, 1.82) is 0 Å². The number of nitrogens with two attached hydrogens (primary N) is 1. The van der Waals surface area contributed by atoms with Crippen LogP contribution in [-0.4, -0.2) is 24.6 Å². The van der Waals surface area contributed by atoms with Crippen LogP contribution in [0.3, 0.4) is 0 Å². The van der Waals surface area contributed by atoms with Crippen LogP contribution < -0.4 is 21.2 Å². The third-order valence-corrected chi connectivity index (χ3v) is 3.67. The molecule has 0 saturated heterocycles. The molecule has 1 aliphatic carbocycles. The Hall–Kier alpha value is -2.55. The number of thiocarbonyl (C=S) groups is 1. The Balaban J connectivity index is 1.94. The average molecular weight is 370 g/mol. The highest BCUT2D eigenvalue weighted by molar-refractivity contribution is 7.80. The van der Waals surface area contributed by atoms with Crippen molar-refractivity contribution in [3.8, 4) is 5.75 Å². The fourth-order valence-corrected chi connectivity index (χ4v) is 2.41. The Bertz CT molecular complexity index is 728. The fraction of sp³-hybridized carbons (Fsp3) is 0.250. The highest BCUT2D eigenvalue weighted by Crippen LogP contribution is 2.36. The maximum absolute atomic E-state index is 12.9. The highest BCUT2D eigenvalue weighted by Gasteiger charge is 2.42. The molecule has 2 rings (SSSR count). The molecule has 0 aliphatic heterocycles. The smallest absolute Gasteiger partial charge is 0.397 e. The number of para-hydroxylation sites is 1. The average Bonchev–Trinajstić information content (AvgIpc) is 2.56. The van der Waals surface area contributed by atoms with Crippen LogP contribution in [0, 0.1) is 5.92 Å². The van der Waals surface area contributed by atoms with E-state index in [1.54, 1.807) is 12.1 Å². The predicted molar refractivity (Wildman–Crippen MR) is 94.0 cm³/mol. The minimum Gasteiger partial charge on any atom is -0.496 e. The number of hydrogen-bond donors (Lipinski definition) is 3. The van der Waals surface area contributed by atoms with E-state index in [1.165, 1.54) is 25.5 Å². The van der Waals surface area contributed by atoms with Crippen molar-refractivity contribution >= 4 is 23.5 Å². The molecule has 0 heterocycles. The van der Waals surface area contributed by atoms with Crippen molar-refractivity contribution in [2.75, 3.05) is 7.11 Å². The van der Waals surface area contributed by atoms with Crippen LogP contribution in [0.25, 0.3) is 0 Å². The van der Waals surface area contributed by atoms with E-state index in [2.05, 4.69) is 15.8 Å². The number of halogens is 3. The van der Waals surface area contributed by atoms with Gasteiger partial charge in [0.25, 0.3) is 0 Å². The van der Waals surface area contributed by atoms with Crippen molar-refractivity contribution in [2.24, 2.45) is 16.8 Å². The van der Waals surface area contributed by atoms with Crippen molar-refractivity contribution in [3.05, 3.63) is 53.4 Å². The number of benzene rings is 1. The molecular weight excluding hydrogens is 353 g/mol. The number of nitrogens with one attached hydrogen (secondary N) is 2. The largest absolute Gasteiger partial charge is 0.496 e. The van der Waals surface area contributed by atoms with Gasteiger partial charge < -0.3 is 15.8 Å². The summed E-state index contributed by atoms with van der Waals surface area (Å²) in [5.74, 6) is -1.09. The van der Waals surface area contributed by atoms with Gasteiger partial charge in [0.15, 0.2) is 5.11 Å². The number of alkyl halides is 3. The fourth-order valence-electron chi connectivity index (χ4n) is 2.22. The number of rotatable bonds is 4. The minimum atomic E-state index is -4.40. The third kappa shape index (κ3) is 5.21. The van der Waals surface area contributed by atoms with E-state index in [9.17, 15) is 13.2 Å². The molecule has 0 radical (unpaired) electrons. The van der Waals surface area contributed by atoms with Gasteiger partial charge in [-0.3, -0.25) is 5.43 Å². The second kappa shape index (κ2) is 8.02. The Morgan fingerprint density at radius 1 is 1.36 bits per heavy atom. The summed E-state index contributed by atoms with van der Waals surface area (Å²) in [6, 6.07) is 7.22. The van der Waals surface area contributed by atoms with Crippen LogP contribution in [0.2, 0.25) is 0 Å². The lowest BCUT2D eigenvalue weighted by molar-refractivity contribution is -0.164. The van der Waals surface area contributed by atoms with Gasteiger partial charge in [-0.15, -0.1) is 0 Å². The monoisotopic (exact) mass is 370 g/mol. The molecule has 0 spiro atoms. The van der Waals surface area contributed by atoms with E-state index in [0.717, 1.165) is 5.56 Å². The molecule has 0 saturated carbocycles. The van der Waals surface area contributed by atoms with Gasteiger partial charge in [0.2, 0.25) is 0 Å². The first-order valence-electron chi connectivity index (χ1n) is 7.27. The first-order chi connectivity index (χ1) is 11.8. The van der Waals surface area contributed by atoms with Gasteiger partial charge in [0.1, 0.15) is 5.75 Å². The van der Waals surface area contributed by atoms with Gasteiger partial charge in [0.05, 0.1) is 19.2 Å². The normalized spacial score (nSPS) is 17.7. The van der Waals surface area contributed by atoms with E-state index in [-0.39, 0.29) is 17.2 Å². The van der Waals surface area contributed by atoms with E-state index in [4.69, 9.17) is 22.7 Å². The maximum atomic E-state index is 12.9. The number of hydrogen-bond acceptors (Lipinski definition) is 4. The summed E-state index contributed by atoms with van der Waals surface area (Å²) in [4.78, 5) is 0. The van der Waals surface area contributed by atoms with Crippen LogP contribution in [0.4, 0.5) is 13.2 Å². The number of allylic oxidation sites excluding steroid dienone is 4. The van der Waals surface area contributed by atoms with Gasteiger partial charge >= 0.3 is 6.18 Å². The second-order valence-corrected chi connectivity index (χ2v) is 5.63. The molecule has 1 aromatic carbocycles. The zero-order valence-corrected chi connectivity index (χ0v) is 14.1. The van der Waals surface area contributed by atoms with Crippen LogP contribution in [0.15, 0.2) is 52.9 Å². The van der Waals surface area contributed by atoms with Gasteiger partial charge in [0, 0.05) is 23.4 Å². The minimum absolute atomic E-state index is 0.0761. The lowest BCUT2D eigenvalue weighted by atomic mass is 9.94. The van der Waals surface area contributed by atoms with E-state index < -0.39 is 12.1 Å². The van der Waals surface area contributed by atoms with Gasteiger partial charge in [-0.05, 0) is 36.5 Å². The summed E-state index contributed by atoms with van der Waals surface area (Å²) < 4.78 is 43.9. The molecule has 0 amide bonds. The standard InChI is InChI=1S/C16H17F3N4OS/c1-24-14-5-3-2-4-10(14)9-21-23-15(25)22-11-6-7-13(20)12(8-11)16(17,18)19/h2-7,9,12H,8,20H2,1H3,(H2,22,23,25)/b21-9+. The molecule has 0 bridgehead atoms. The van der Waals surface area contributed by atoms with Crippen molar-refractivity contribution in [2.45, 2.75) is 12.6 Å². The van der Waals surface area contributed by atoms with Crippen LogP contribution in [0.5, 0.6) is 5.75 Å².